The summed E-state index contributed by atoms with van der Waals surface area (Å²) in [6.45, 7) is 2.93. The molecule has 1 atom stereocenters. The molecule has 1 aromatic carbocycles. The van der Waals surface area contributed by atoms with Gasteiger partial charge >= 0.3 is 0 Å². The highest BCUT2D eigenvalue weighted by molar-refractivity contribution is 7.91. The van der Waals surface area contributed by atoms with E-state index >= 15 is 0 Å². The van der Waals surface area contributed by atoms with Gasteiger partial charge < -0.3 is 10.2 Å². The van der Waals surface area contributed by atoms with E-state index in [0.717, 1.165) is 5.69 Å². The number of nitro benzene ring substituents is 1. The van der Waals surface area contributed by atoms with Crippen LogP contribution in [0.5, 0.6) is 0 Å². The minimum Gasteiger partial charge on any atom is -0.385 e. The summed E-state index contributed by atoms with van der Waals surface area (Å²) in [5.74, 6) is 0.187. The van der Waals surface area contributed by atoms with E-state index in [9.17, 15) is 23.3 Å². The number of amides is 1. The van der Waals surface area contributed by atoms with E-state index in [1.807, 2.05) is 6.92 Å². The van der Waals surface area contributed by atoms with Crippen LogP contribution in [-0.4, -0.2) is 54.8 Å². The lowest BCUT2D eigenvalue weighted by Gasteiger charge is -2.27. The van der Waals surface area contributed by atoms with Gasteiger partial charge in [0, 0.05) is 43.4 Å². The Morgan fingerprint density at radius 3 is 2.56 bits per heavy atom. The third-order valence-corrected chi connectivity index (χ3v) is 6.04. The van der Waals surface area contributed by atoms with Gasteiger partial charge in [0.05, 0.1) is 16.4 Å². The molecular weight excluding hydrogens is 346 g/mol. The van der Waals surface area contributed by atoms with Crippen LogP contribution in [0, 0.1) is 10.1 Å². The van der Waals surface area contributed by atoms with E-state index in [-0.39, 0.29) is 29.1 Å². The fourth-order valence-electron chi connectivity index (χ4n) is 2.98. The number of anilines is 1. The van der Waals surface area contributed by atoms with Crippen molar-refractivity contribution in [3.63, 3.8) is 0 Å². The van der Waals surface area contributed by atoms with Gasteiger partial charge in [-0.05, 0) is 31.9 Å². The molecule has 1 aliphatic heterocycles. The Labute approximate surface area is 147 Å². The number of carbonyl (C=O) groups excluding carboxylic acids is 1. The number of hydrogen-bond donors (Lipinski definition) is 1. The lowest BCUT2D eigenvalue weighted by Crippen LogP contribution is -2.41. The van der Waals surface area contributed by atoms with E-state index in [1.54, 1.807) is 17.0 Å². The average molecular weight is 369 g/mol. The van der Waals surface area contributed by atoms with E-state index in [1.165, 1.54) is 12.1 Å². The molecule has 1 unspecified atom stereocenters. The highest BCUT2D eigenvalue weighted by Gasteiger charge is 2.33. The molecule has 0 bridgehead atoms. The summed E-state index contributed by atoms with van der Waals surface area (Å²) in [6, 6.07) is 5.90. The van der Waals surface area contributed by atoms with Crippen LogP contribution >= 0.6 is 0 Å². The smallest absolute Gasteiger partial charge is 0.269 e. The minimum atomic E-state index is -3.01. The second kappa shape index (κ2) is 8.28. The summed E-state index contributed by atoms with van der Waals surface area (Å²) in [7, 11) is -3.01. The topological polar surface area (TPSA) is 110 Å². The van der Waals surface area contributed by atoms with Gasteiger partial charge in [-0.25, -0.2) is 8.42 Å². The molecule has 0 spiro atoms. The molecule has 0 saturated carbocycles. The number of nitrogens with one attached hydrogen (secondary N) is 1. The van der Waals surface area contributed by atoms with Crippen molar-refractivity contribution in [2.45, 2.75) is 32.2 Å². The van der Waals surface area contributed by atoms with Crippen LogP contribution in [-0.2, 0) is 14.6 Å². The predicted octanol–water partition coefficient (Wildman–Crippen LogP) is 1.82. The normalized spacial score (nSPS) is 18.7. The highest BCUT2D eigenvalue weighted by Crippen LogP contribution is 2.19. The number of benzene rings is 1. The molecule has 1 heterocycles. The number of carbonyl (C=O) groups is 1. The molecule has 0 radical (unpaired) electrons. The Morgan fingerprint density at radius 1 is 1.36 bits per heavy atom. The van der Waals surface area contributed by atoms with E-state index in [0.29, 0.717) is 32.4 Å². The summed E-state index contributed by atoms with van der Waals surface area (Å²) in [5, 5.41) is 13.7. The first-order valence-corrected chi connectivity index (χ1v) is 10.1. The summed E-state index contributed by atoms with van der Waals surface area (Å²) >= 11 is 0. The average Bonchev–Trinajstić information content (AvgIpc) is 2.92. The van der Waals surface area contributed by atoms with Crippen LogP contribution in [0.1, 0.15) is 26.2 Å². The maximum absolute atomic E-state index is 12.3. The maximum Gasteiger partial charge on any atom is 0.269 e. The first-order chi connectivity index (χ1) is 11.8. The van der Waals surface area contributed by atoms with Crippen LogP contribution < -0.4 is 5.32 Å². The molecule has 0 aliphatic carbocycles. The van der Waals surface area contributed by atoms with Crippen LogP contribution in [0.2, 0.25) is 0 Å². The Morgan fingerprint density at radius 2 is 2.04 bits per heavy atom. The standard InChI is InChI=1S/C16H23N3O5S/c1-2-18(15-9-11-25(23,24)12-15)16(20)4-3-10-17-13-5-7-14(8-6-13)19(21)22/h5-8,15,17H,2-4,9-12H2,1H3. The first kappa shape index (κ1) is 19.2. The Bertz CT molecular complexity index is 718. The van der Waals surface area contributed by atoms with Crippen molar-refractivity contribution in [1.29, 1.82) is 0 Å². The van der Waals surface area contributed by atoms with Gasteiger partial charge in [0.2, 0.25) is 5.91 Å². The first-order valence-electron chi connectivity index (χ1n) is 8.30. The van der Waals surface area contributed by atoms with E-state index < -0.39 is 14.8 Å². The molecule has 1 saturated heterocycles. The molecule has 0 aromatic heterocycles. The van der Waals surface area contributed by atoms with Gasteiger partial charge in [-0.3, -0.25) is 14.9 Å². The fraction of sp³-hybridized carbons (Fsp3) is 0.562. The third kappa shape index (κ3) is 5.42. The molecule has 25 heavy (non-hydrogen) atoms. The number of sulfone groups is 1. The van der Waals surface area contributed by atoms with Crippen molar-refractivity contribution in [3.8, 4) is 0 Å². The maximum atomic E-state index is 12.3. The Kier molecular flexibility index (Phi) is 6.35. The highest BCUT2D eigenvalue weighted by atomic mass is 32.2. The molecule has 1 aliphatic rings. The second-order valence-electron chi connectivity index (χ2n) is 6.07. The second-order valence-corrected chi connectivity index (χ2v) is 8.30. The molecule has 2 rings (SSSR count). The molecular formula is C16H23N3O5S. The van der Waals surface area contributed by atoms with Crippen molar-refractivity contribution in [1.82, 2.24) is 4.90 Å². The molecule has 1 N–H and O–H groups in total. The van der Waals surface area contributed by atoms with E-state index in [2.05, 4.69) is 5.32 Å². The monoisotopic (exact) mass is 369 g/mol. The van der Waals surface area contributed by atoms with Gasteiger partial charge in [-0.15, -0.1) is 0 Å². The summed E-state index contributed by atoms with van der Waals surface area (Å²) in [6.07, 6.45) is 1.46. The number of nitro groups is 1. The lowest BCUT2D eigenvalue weighted by molar-refractivity contribution is -0.384. The van der Waals surface area contributed by atoms with Gasteiger partial charge in [0.15, 0.2) is 9.84 Å². The number of non-ortho nitro benzene ring substituents is 1. The van der Waals surface area contributed by atoms with Crippen molar-refractivity contribution < 1.29 is 18.1 Å². The third-order valence-electron chi connectivity index (χ3n) is 4.28. The molecule has 1 fully saturated rings. The van der Waals surface area contributed by atoms with Crippen LogP contribution in [0.25, 0.3) is 0 Å². The lowest BCUT2D eigenvalue weighted by atomic mass is 10.2. The zero-order chi connectivity index (χ0) is 18.4. The number of nitrogens with zero attached hydrogens (tertiary/aromatic N) is 2. The summed E-state index contributed by atoms with van der Waals surface area (Å²) < 4.78 is 23.2. The Hall–Kier alpha value is -2.16. The van der Waals surface area contributed by atoms with Crippen molar-refractivity contribution in [2.75, 3.05) is 29.9 Å². The molecule has 138 valence electrons. The van der Waals surface area contributed by atoms with Crippen LogP contribution in [0.15, 0.2) is 24.3 Å². The van der Waals surface area contributed by atoms with Crippen molar-refractivity contribution >= 4 is 27.1 Å². The number of rotatable bonds is 8. The summed E-state index contributed by atoms with van der Waals surface area (Å²) in [4.78, 5) is 24.1. The minimum absolute atomic E-state index is 0.0323. The number of hydrogen-bond acceptors (Lipinski definition) is 6. The van der Waals surface area contributed by atoms with Crippen molar-refractivity contribution in [2.24, 2.45) is 0 Å². The fourth-order valence-corrected chi connectivity index (χ4v) is 4.71. The molecule has 1 amide bonds. The van der Waals surface area contributed by atoms with Gasteiger partial charge in [0.25, 0.3) is 5.69 Å². The van der Waals surface area contributed by atoms with Crippen LogP contribution in [0.4, 0.5) is 11.4 Å². The largest absolute Gasteiger partial charge is 0.385 e. The van der Waals surface area contributed by atoms with Crippen LogP contribution in [0.3, 0.4) is 0 Å². The zero-order valence-corrected chi connectivity index (χ0v) is 15.0. The Balaban J connectivity index is 1.76. The summed E-state index contributed by atoms with van der Waals surface area (Å²) in [5.41, 5.74) is 0.790. The van der Waals surface area contributed by atoms with Gasteiger partial charge in [-0.2, -0.15) is 0 Å². The molecule has 9 heteroatoms. The van der Waals surface area contributed by atoms with Gasteiger partial charge in [0.1, 0.15) is 0 Å². The molecule has 8 nitrogen and oxygen atoms in total. The molecule has 1 aromatic rings. The SMILES string of the molecule is CCN(C(=O)CCCNc1ccc([N+](=O)[O-])cc1)C1CCS(=O)(=O)C1. The van der Waals surface area contributed by atoms with E-state index in [4.69, 9.17) is 0 Å². The predicted molar refractivity (Wildman–Crippen MR) is 95.3 cm³/mol. The quantitative estimate of drug-likeness (QED) is 0.425. The van der Waals surface area contributed by atoms with Crippen molar-refractivity contribution in [3.05, 3.63) is 34.4 Å². The zero-order valence-electron chi connectivity index (χ0n) is 14.2. The van der Waals surface area contributed by atoms with Gasteiger partial charge in [-0.1, -0.05) is 0 Å².